The lowest BCUT2D eigenvalue weighted by Crippen LogP contribution is -2.44. The van der Waals surface area contributed by atoms with Gasteiger partial charge in [-0.2, -0.15) is 0 Å². The van der Waals surface area contributed by atoms with Crippen LogP contribution in [0.4, 0.5) is 0 Å². The molecule has 1 fully saturated rings. The third-order valence-electron chi connectivity index (χ3n) is 4.07. The van der Waals surface area contributed by atoms with Crippen molar-refractivity contribution in [3.8, 4) is 10.6 Å². The summed E-state index contributed by atoms with van der Waals surface area (Å²) >= 11 is 1.52. The summed E-state index contributed by atoms with van der Waals surface area (Å²) in [5, 5.41) is 14.7. The van der Waals surface area contributed by atoms with Crippen molar-refractivity contribution in [2.24, 2.45) is 0 Å². The van der Waals surface area contributed by atoms with Crippen molar-refractivity contribution in [1.29, 1.82) is 0 Å². The van der Waals surface area contributed by atoms with Gasteiger partial charge in [-0.1, -0.05) is 11.2 Å². The number of piperidine rings is 1. The van der Waals surface area contributed by atoms with Gasteiger partial charge < -0.3 is 14.5 Å². The van der Waals surface area contributed by atoms with E-state index in [1.54, 1.807) is 11.0 Å². The summed E-state index contributed by atoms with van der Waals surface area (Å²) in [5.41, 5.74) is 0.288. The quantitative estimate of drug-likeness (QED) is 0.907. The number of hydrogen-bond acceptors (Lipinski definition) is 5. The summed E-state index contributed by atoms with van der Waals surface area (Å²) in [5.74, 6) is -0.418. The summed E-state index contributed by atoms with van der Waals surface area (Å²) < 4.78 is 5.27. The average molecular weight is 334 g/mol. The molecule has 1 unspecified atom stereocenters. The van der Waals surface area contributed by atoms with E-state index in [2.05, 4.69) is 5.16 Å². The maximum absolute atomic E-state index is 12.7. The second kappa shape index (κ2) is 6.95. The van der Waals surface area contributed by atoms with Crippen LogP contribution >= 0.6 is 11.3 Å². The van der Waals surface area contributed by atoms with Crippen molar-refractivity contribution in [2.75, 3.05) is 6.54 Å². The van der Waals surface area contributed by atoms with Gasteiger partial charge in [0.05, 0.1) is 4.88 Å². The number of carboxylic acid groups (broad SMARTS) is 1. The normalized spacial score (nSPS) is 18.1. The van der Waals surface area contributed by atoms with Crippen LogP contribution in [-0.4, -0.2) is 39.6 Å². The number of likely N-dealkylation sites (tertiary alicyclic amines) is 1. The Morgan fingerprint density at radius 3 is 3.04 bits per heavy atom. The Balaban J connectivity index is 1.73. The fourth-order valence-electron chi connectivity index (χ4n) is 2.92. The molecule has 1 aliphatic heterocycles. The maximum atomic E-state index is 12.7. The molecule has 1 aliphatic rings. The third-order valence-corrected chi connectivity index (χ3v) is 4.96. The average Bonchev–Trinajstić information content (AvgIpc) is 3.23. The molecule has 0 saturated carbocycles. The number of carbonyl (C=O) groups excluding carboxylic acids is 1. The van der Waals surface area contributed by atoms with Crippen molar-refractivity contribution in [3.63, 3.8) is 0 Å². The molecule has 3 rings (SSSR count). The monoisotopic (exact) mass is 334 g/mol. The van der Waals surface area contributed by atoms with E-state index in [1.807, 2.05) is 17.5 Å². The van der Waals surface area contributed by atoms with Gasteiger partial charge in [0.15, 0.2) is 11.5 Å². The topological polar surface area (TPSA) is 83.6 Å². The van der Waals surface area contributed by atoms with E-state index in [1.165, 1.54) is 11.3 Å². The van der Waals surface area contributed by atoms with E-state index in [0.717, 1.165) is 24.1 Å². The molecule has 0 radical (unpaired) electrons. The minimum absolute atomic E-state index is 0.0331. The highest BCUT2D eigenvalue weighted by Gasteiger charge is 2.29. The molecular formula is C16H18N2O4S. The molecule has 1 saturated heterocycles. The van der Waals surface area contributed by atoms with Crippen LogP contribution in [0.5, 0.6) is 0 Å². The van der Waals surface area contributed by atoms with Gasteiger partial charge in [-0.05, 0) is 37.1 Å². The van der Waals surface area contributed by atoms with E-state index in [4.69, 9.17) is 9.63 Å². The number of thiophene rings is 1. The van der Waals surface area contributed by atoms with Crippen molar-refractivity contribution < 1.29 is 19.2 Å². The molecule has 0 aliphatic carbocycles. The van der Waals surface area contributed by atoms with Crippen LogP contribution < -0.4 is 0 Å². The van der Waals surface area contributed by atoms with Gasteiger partial charge in [0.1, 0.15) is 0 Å². The molecule has 2 aromatic heterocycles. The number of aromatic nitrogens is 1. The number of carboxylic acids is 1. The van der Waals surface area contributed by atoms with Crippen molar-refractivity contribution in [3.05, 3.63) is 29.3 Å². The number of carbonyl (C=O) groups is 2. The molecule has 1 amide bonds. The van der Waals surface area contributed by atoms with Crippen molar-refractivity contribution in [1.82, 2.24) is 10.1 Å². The molecule has 7 heteroatoms. The maximum Gasteiger partial charge on any atom is 0.303 e. The van der Waals surface area contributed by atoms with Crippen LogP contribution in [0.3, 0.4) is 0 Å². The van der Waals surface area contributed by atoms with Crippen LogP contribution in [0.15, 0.2) is 28.1 Å². The molecule has 0 aromatic carbocycles. The van der Waals surface area contributed by atoms with Crippen LogP contribution in [-0.2, 0) is 4.79 Å². The van der Waals surface area contributed by atoms with Crippen LogP contribution in [0.2, 0.25) is 0 Å². The minimum Gasteiger partial charge on any atom is -0.481 e. The predicted octanol–water partition coefficient (Wildman–Crippen LogP) is 3.26. The smallest absolute Gasteiger partial charge is 0.303 e. The summed E-state index contributed by atoms with van der Waals surface area (Å²) in [6.07, 6.45) is 3.36. The Hall–Kier alpha value is -2.15. The number of aliphatic carboxylic acids is 1. The lowest BCUT2D eigenvalue weighted by molar-refractivity contribution is -0.137. The number of nitrogens with zero attached hydrogens (tertiary/aromatic N) is 2. The van der Waals surface area contributed by atoms with E-state index >= 15 is 0 Å². The Labute approximate surface area is 137 Å². The SMILES string of the molecule is O=C(O)CCC1CCCCN1C(=O)c1cc(-c2cccs2)on1. The number of hydrogen-bond donors (Lipinski definition) is 1. The molecule has 23 heavy (non-hydrogen) atoms. The van der Waals surface area contributed by atoms with Gasteiger partial charge in [-0.15, -0.1) is 11.3 Å². The number of amides is 1. The largest absolute Gasteiger partial charge is 0.481 e. The van der Waals surface area contributed by atoms with Gasteiger partial charge in [0.2, 0.25) is 0 Å². The van der Waals surface area contributed by atoms with Gasteiger partial charge in [-0.25, -0.2) is 0 Å². The summed E-state index contributed by atoms with van der Waals surface area (Å²) in [7, 11) is 0. The Morgan fingerprint density at radius 1 is 1.43 bits per heavy atom. The van der Waals surface area contributed by atoms with E-state index in [9.17, 15) is 9.59 Å². The first-order chi connectivity index (χ1) is 11.1. The van der Waals surface area contributed by atoms with Gasteiger partial charge in [-0.3, -0.25) is 9.59 Å². The van der Waals surface area contributed by atoms with E-state index in [-0.39, 0.29) is 24.1 Å². The first kappa shape index (κ1) is 15.7. The highest BCUT2D eigenvalue weighted by molar-refractivity contribution is 7.13. The fraction of sp³-hybridized carbons (Fsp3) is 0.438. The second-order valence-electron chi connectivity index (χ2n) is 5.63. The molecule has 122 valence electrons. The fourth-order valence-corrected chi connectivity index (χ4v) is 3.59. The van der Waals surface area contributed by atoms with Crippen molar-refractivity contribution in [2.45, 2.75) is 38.1 Å². The van der Waals surface area contributed by atoms with E-state index in [0.29, 0.717) is 18.7 Å². The molecule has 2 aromatic rings. The first-order valence-corrected chi connectivity index (χ1v) is 8.56. The highest BCUT2D eigenvalue weighted by Crippen LogP contribution is 2.27. The Morgan fingerprint density at radius 2 is 2.30 bits per heavy atom. The second-order valence-corrected chi connectivity index (χ2v) is 6.58. The zero-order valence-corrected chi connectivity index (χ0v) is 13.4. The Kier molecular flexibility index (Phi) is 4.76. The molecule has 1 atom stereocenters. The lowest BCUT2D eigenvalue weighted by atomic mass is 9.97. The summed E-state index contributed by atoms with van der Waals surface area (Å²) in [6, 6.07) is 5.46. The molecule has 1 N–H and O–H groups in total. The summed E-state index contributed by atoms with van der Waals surface area (Å²) in [6.45, 7) is 0.643. The van der Waals surface area contributed by atoms with Gasteiger partial charge in [0.25, 0.3) is 5.91 Å². The predicted molar refractivity (Wildman–Crippen MR) is 85.4 cm³/mol. The standard InChI is InChI=1S/C16H18N2O4S/c19-15(20)7-6-11-4-1-2-8-18(11)16(21)12-10-13(22-17-12)14-5-3-9-23-14/h3,5,9-11H,1-2,4,6-8H2,(H,19,20). The molecule has 0 bridgehead atoms. The van der Waals surface area contributed by atoms with E-state index < -0.39 is 5.97 Å². The van der Waals surface area contributed by atoms with Gasteiger partial charge >= 0.3 is 5.97 Å². The Bertz CT molecular complexity index is 680. The zero-order chi connectivity index (χ0) is 16.2. The molecular weight excluding hydrogens is 316 g/mol. The molecule has 0 spiro atoms. The molecule has 6 nitrogen and oxygen atoms in total. The number of rotatable bonds is 5. The molecule has 3 heterocycles. The lowest BCUT2D eigenvalue weighted by Gasteiger charge is -2.35. The van der Waals surface area contributed by atoms with Crippen LogP contribution in [0.1, 0.15) is 42.6 Å². The third kappa shape index (κ3) is 3.61. The highest BCUT2D eigenvalue weighted by atomic mass is 32.1. The van der Waals surface area contributed by atoms with Gasteiger partial charge in [0, 0.05) is 25.1 Å². The minimum atomic E-state index is -0.829. The van der Waals surface area contributed by atoms with Crippen LogP contribution in [0.25, 0.3) is 10.6 Å². The first-order valence-electron chi connectivity index (χ1n) is 7.68. The zero-order valence-electron chi connectivity index (χ0n) is 12.6. The van der Waals surface area contributed by atoms with Crippen molar-refractivity contribution >= 4 is 23.2 Å². The van der Waals surface area contributed by atoms with Crippen LogP contribution in [0, 0.1) is 0 Å². The summed E-state index contributed by atoms with van der Waals surface area (Å²) in [4.78, 5) is 26.2.